The predicted octanol–water partition coefficient (Wildman–Crippen LogP) is 2.83. The summed E-state index contributed by atoms with van der Waals surface area (Å²) in [7, 11) is 1.65. The lowest BCUT2D eigenvalue weighted by atomic mass is 10.2. The van der Waals surface area contributed by atoms with E-state index in [4.69, 9.17) is 15.2 Å². The molecule has 1 aromatic heterocycles. The summed E-state index contributed by atoms with van der Waals surface area (Å²) < 4.78 is 12.9. The second kappa shape index (κ2) is 6.61. The van der Waals surface area contributed by atoms with Gasteiger partial charge in [0.05, 0.1) is 18.7 Å². The molecule has 0 amide bonds. The lowest BCUT2D eigenvalue weighted by molar-refractivity contribution is 0.0755. The molecule has 1 heterocycles. The van der Waals surface area contributed by atoms with Crippen molar-refractivity contribution in [3.05, 3.63) is 18.2 Å². The molecule has 5 nitrogen and oxygen atoms in total. The minimum absolute atomic E-state index is 0.290. The molecule has 0 saturated heterocycles. The lowest BCUT2D eigenvalue weighted by Crippen LogP contribution is -2.07. The summed E-state index contributed by atoms with van der Waals surface area (Å²) in [6, 6.07) is 5.88. The van der Waals surface area contributed by atoms with Crippen LogP contribution in [0.2, 0.25) is 0 Å². The van der Waals surface area contributed by atoms with Gasteiger partial charge in [0, 0.05) is 13.2 Å². The van der Waals surface area contributed by atoms with E-state index >= 15 is 0 Å². The summed E-state index contributed by atoms with van der Waals surface area (Å²) in [6.07, 6.45) is 2.32. The number of rotatable bonds is 7. The number of hydrogen-bond acceptors (Lipinski definition) is 4. The maximum Gasteiger partial charge on any atom is 0.201 e. The first-order chi connectivity index (χ1) is 9.63. The lowest BCUT2D eigenvalue weighted by Gasteiger charge is -2.09. The molecule has 0 aliphatic carbocycles. The maximum atomic E-state index is 6.00. The molecule has 0 aliphatic heterocycles. The molecular formula is C15H23N3O2. The number of hydrogen-bond donors (Lipinski definition) is 1. The third-order valence-electron chi connectivity index (χ3n) is 3.22. The quantitative estimate of drug-likeness (QED) is 0.790. The van der Waals surface area contributed by atoms with Crippen LogP contribution in [0.1, 0.15) is 26.7 Å². The van der Waals surface area contributed by atoms with E-state index in [1.807, 2.05) is 36.6 Å². The Hall–Kier alpha value is -1.75. The van der Waals surface area contributed by atoms with Crippen LogP contribution in [0.4, 0.5) is 5.95 Å². The maximum absolute atomic E-state index is 6.00. The van der Waals surface area contributed by atoms with Crippen molar-refractivity contribution in [1.29, 1.82) is 0 Å². The zero-order chi connectivity index (χ0) is 14.5. The molecule has 0 spiro atoms. The first kappa shape index (κ1) is 14.7. The number of nitrogens with zero attached hydrogens (tertiary/aromatic N) is 2. The second-order valence-electron chi connectivity index (χ2n) is 5.08. The fraction of sp³-hybridized carbons (Fsp3) is 0.533. The van der Waals surface area contributed by atoms with E-state index in [0.29, 0.717) is 12.1 Å². The van der Waals surface area contributed by atoms with E-state index in [0.717, 1.165) is 42.8 Å². The van der Waals surface area contributed by atoms with Crippen LogP contribution in [0.5, 0.6) is 5.75 Å². The van der Waals surface area contributed by atoms with Crippen molar-refractivity contribution >= 4 is 17.0 Å². The van der Waals surface area contributed by atoms with Gasteiger partial charge in [-0.15, -0.1) is 0 Å². The van der Waals surface area contributed by atoms with Gasteiger partial charge >= 0.3 is 0 Å². The van der Waals surface area contributed by atoms with Crippen molar-refractivity contribution in [2.75, 3.05) is 19.5 Å². The van der Waals surface area contributed by atoms with Gasteiger partial charge in [0.15, 0.2) is 0 Å². The smallest absolute Gasteiger partial charge is 0.201 e. The topological polar surface area (TPSA) is 62.3 Å². The Labute approximate surface area is 119 Å². The number of ether oxygens (including phenoxy) is 2. The van der Waals surface area contributed by atoms with Crippen molar-refractivity contribution in [2.45, 2.75) is 39.3 Å². The van der Waals surface area contributed by atoms with Crippen LogP contribution < -0.4 is 10.5 Å². The van der Waals surface area contributed by atoms with E-state index in [2.05, 4.69) is 4.98 Å². The van der Waals surface area contributed by atoms with Crippen LogP contribution in [0.3, 0.4) is 0 Å². The Bertz CT molecular complexity index is 563. The zero-order valence-corrected chi connectivity index (χ0v) is 12.4. The van der Waals surface area contributed by atoms with E-state index in [-0.39, 0.29) is 0 Å². The number of aromatic nitrogens is 2. The molecule has 0 saturated carbocycles. The Balaban J connectivity index is 2.05. The number of para-hydroxylation sites is 1. The number of fused-ring (bicyclic) bond motifs is 1. The van der Waals surface area contributed by atoms with Crippen LogP contribution in [-0.2, 0) is 11.3 Å². The molecule has 1 aromatic carbocycles. The Kier molecular flexibility index (Phi) is 4.84. The molecule has 110 valence electrons. The highest BCUT2D eigenvalue weighted by molar-refractivity contribution is 5.84. The standard InChI is InChI=1S/C15H23N3O2/c1-11(2)20-10-5-4-9-18-12-7-6-8-13(19-3)14(12)17-15(18)16/h6-8,11H,4-5,9-10H2,1-3H3,(H2,16,17). The molecule has 2 N–H and O–H groups in total. The molecule has 2 rings (SSSR count). The minimum atomic E-state index is 0.290. The van der Waals surface area contributed by atoms with E-state index in [1.54, 1.807) is 7.11 Å². The average Bonchev–Trinajstić information content (AvgIpc) is 2.74. The summed E-state index contributed by atoms with van der Waals surface area (Å²) in [6.45, 7) is 5.73. The molecule has 20 heavy (non-hydrogen) atoms. The number of aryl methyl sites for hydroxylation is 1. The molecule has 0 unspecified atom stereocenters. The number of anilines is 1. The highest BCUT2D eigenvalue weighted by Gasteiger charge is 2.11. The molecule has 0 bridgehead atoms. The summed E-state index contributed by atoms with van der Waals surface area (Å²) in [5.41, 5.74) is 7.85. The molecule has 0 radical (unpaired) electrons. The Morgan fingerprint density at radius 1 is 1.30 bits per heavy atom. The Morgan fingerprint density at radius 3 is 2.80 bits per heavy atom. The zero-order valence-electron chi connectivity index (χ0n) is 12.4. The van der Waals surface area contributed by atoms with Crippen LogP contribution in [0, 0.1) is 0 Å². The highest BCUT2D eigenvalue weighted by Crippen LogP contribution is 2.26. The monoisotopic (exact) mass is 277 g/mol. The number of nitrogen functional groups attached to an aromatic ring is 1. The van der Waals surface area contributed by atoms with E-state index in [9.17, 15) is 0 Å². The summed E-state index contributed by atoms with van der Waals surface area (Å²) in [5, 5.41) is 0. The summed E-state index contributed by atoms with van der Waals surface area (Å²) in [5.74, 6) is 1.30. The summed E-state index contributed by atoms with van der Waals surface area (Å²) in [4.78, 5) is 4.40. The summed E-state index contributed by atoms with van der Waals surface area (Å²) >= 11 is 0. The number of nitrogens with two attached hydrogens (primary N) is 1. The van der Waals surface area contributed by atoms with Gasteiger partial charge in [-0.05, 0) is 38.8 Å². The number of benzene rings is 1. The van der Waals surface area contributed by atoms with Gasteiger partial charge in [0.1, 0.15) is 11.3 Å². The van der Waals surface area contributed by atoms with Crippen LogP contribution in [0.25, 0.3) is 11.0 Å². The van der Waals surface area contributed by atoms with Gasteiger partial charge in [-0.1, -0.05) is 6.07 Å². The third kappa shape index (κ3) is 3.22. The van der Waals surface area contributed by atoms with Crippen molar-refractivity contribution in [2.24, 2.45) is 0 Å². The van der Waals surface area contributed by atoms with Gasteiger partial charge in [-0.25, -0.2) is 4.98 Å². The Morgan fingerprint density at radius 2 is 2.10 bits per heavy atom. The number of imidazole rings is 1. The van der Waals surface area contributed by atoms with Crippen molar-refractivity contribution in [1.82, 2.24) is 9.55 Å². The minimum Gasteiger partial charge on any atom is -0.494 e. The fourth-order valence-electron chi connectivity index (χ4n) is 2.23. The van der Waals surface area contributed by atoms with Crippen molar-refractivity contribution in [3.63, 3.8) is 0 Å². The van der Waals surface area contributed by atoms with Crippen LogP contribution in [0.15, 0.2) is 18.2 Å². The van der Waals surface area contributed by atoms with E-state index < -0.39 is 0 Å². The van der Waals surface area contributed by atoms with Crippen LogP contribution in [-0.4, -0.2) is 29.4 Å². The normalized spacial score (nSPS) is 11.4. The third-order valence-corrected chi connectivity index (χ3v) is 3.22. The van der Waals surface area contributed by atoms with Crippen molar-refractivity contribution < 1.29 is 9.47 Å². The second-order valence-corrected chi connectivity index (χ2v) is 5.08. The van der Waals surface area contributed by atoms with Crippen LogP contribution >= 0.6 is 0 Å². The number of methoxy groups -OCH3 is 1. The van der Waals surface area contributed by atoms with E-state index in [1.165, 1.54) is 0 Å². The molecule has 0 aliphatic rings. The number of unbranched alkanes of at least 4 members (excludes halogenated alkanes) is 1. The highest BCUT2D eigenvalue weighted by atomic mass is 16.5. The molecular weight excluding hydrogens is 254 g/mol. The molecule has 0 fully saturated rings. The SMILES string of the molecule is COc1cccc2c1nc(N)n2CCCCOC(C)C. The first-order valence-corrected chi connectivity index (χ1v) is 7.03. The van der Waals surface area contributed by atoms with Crippen molar-refractivity contribution in [3.8, 4) is 5.75 Å². The fourth-order valence-corrected chi connectivity index (χ4v) is 2.23. The first-order valence-electron chi connectivity index (χ1n) is 7.03. The largest absolute Gasteiger partial charge is 0.494 e. The van der Waals surface area contributed by atoms with Gasteiger partial charge in [0.2, 0.25) is 5.95 Å². The predicted molar refractivity (Wildman–Crippen MR) is 81.0 cm³/mol. The van der Waals surface area contributed by atoms with Gasteiger partial charge < -0.3 is 19.8 Å². The molecule has 0 atom stereocenters. The van der Waals surface area contributed by atoms with Gasteiger partial charge in [0.25, 0.3) is 0 Å². The average molecular weight is 277 g/mol. The van der Waals surface area contributed by atoms with Gasteiger partial charge in [-0.3, -0.25) is 0 Å². The molecule has 5 heteroatoms. The molecule has 2 aromatic rings. The van der Waals surface area contributed by atoms with Gasteiger partial charge in [-0.2, -0.15) is 0 Å².